The first-order valence-corrected chi connectivity index (χ1v) is 11.3. The van der Waals surface area contributed by atoms with Gasteiger partial charge in [0, 0.05) is 56.4 Å². The Labute approximate surface area is 167 Å². The largest absolute Gasteiger partial charge is 0.392 e. The lowest BCUT2D eigenvalue weighted by Crippen LogP contribution is -2.77. The van der Waals surface area contributed by atoms with Gasteiger partial charge in [0.05, 0.1) is 29.5 Å². The van der Waals surface area contributed by atoms with Crippen LogP contribution in [-0.2, 0) is 9.47 Å². The molecule has 6 heteroatoms. The van der Waals surface area contributed by atoms with E-state index in [1.807, 2.05) is 0 Å². The number of ether oxygens (including phenoxy) is 2. The molecular weight excluding hydrogens is 358 g/mol. The summed E-state index contributed by atoms with van der Waals surface area (Å²) in [5, 5.41) is 35.6. The SMILES string of the molecule is CCN1C[C@]2(O)CC[C@H](O)C34[C@@H]5C[C@H]6[C@H](OC)[C@@H]5[C@](O)(C[C@@H]6OC)C(C[C@@H]32)[C@@H]14. The monoisotopic (exact) mass is 393 g/mol. The topological polar surface area (TPSA) is 82.4 Å². The molecule has 1 heterocycles. The van der Waals surface area contributed by atoms with Crippen LogP contribution in [0.1, 0.15) is 39.0 Å². The number of fused-ring (bicyclic) bond motifs is 2. The van der Waals surface area contributed by atoms with Gasteiger partial charge in [0.25, 0.3) is 0 Å². The highest BCUT2D eigenvalue weighted by Gasteiger charge is 2.83. The van der Waals surface area contributed by atoms with Gasteiger partial charge >= 0.3 is 0 Å². The van der Waals surface area contributed by atoms with Crippen LogP contribution in [0.2, 0.25) is 0 Å². The number of β-amino-alcohol motifs (C(OH)–C–C–N with tert-alkyl or cyclic N) is 1. The Morgan fingerprint density at radius 1 is 1.11 bits per heavy atom. The van der Waals surface area contributed by atoms with E-state index in [-0.39, 0.29) is 53.3 Å². The highest BCUT2D eigenvalue weighted by atomic mass is 16.5. The minimum Gasteiger partial charge on any atom is -0.392 e. The summed E-state index contributed by atoms with van der Waals surface area (Å²) in [6.07, 6.45) is 3.31. The van der Waals surface area contributed by atoms with Gasteiger partial charge in [-0.15, -0.1) is 0 Å². The summed E-state index contributed by atoms with van der Waals surface area (Å²) >= 11 is 0. The lowest BCUT2D eigenvalue weighted by atomic mass is 9.45. The van der Waals surface area contributed by atoms with E-state index >= 15 is 0 Å². The molecule has 6 rings (SSSR count). The molecule has 1 saturated heterocycles. The van der Waals surface area contributed by atoms with E-state index in [1.165, 1.54) is 0 Å². The number of piperidine rings is 1. The molecule has 1 aliphatic heterocycles. The molecule has 6 aliphatic rings. The van der Waals surface area contributed by atoms with E-state index < -0.39 is 17.3 Å². The molecule has 7 bridgehead atoms. The lowest BCUT2D eigenvalue weighted by molar-refractivity contribution is -0.281. The average Bonchev–Trinajstić information content (AvgIpc) is 3.16. The smallest absolute Gasteiger partial charge is 0.0810 e. The molecular formula is C22H35NO5. The van der Waals surface area contributed by atoms with Crippen LogP contribution in [0.15, 0.2) is 0 Å². The number of hydrogen-bond donors (Lipinski definition) is 3. The van der Waals surface area contributed by atoms with Crippen LogP contribution in [0.3, 0.4) is 0 Å². The fraction of sp³-hybridized carbons (Fsp3) is 1.00. The fourth-order valence-corrected chi connectivity index (χ4v) is 9.96. The van der Waals surface area contributed by atoms with Crippen LogP contribution in [0.5, 0.6) is 0 Å². The van der Waals surface area contributed by atoms with Gasteiger partial charge in [0.2, 0.25) is 0 Å². The van der Waals surface area contributed by atoms with Gasteiger partial charge in [0.15, 0.2) is 0 Å². The second-order valence-corrected chi connectivity index (χ2v) is 10.8. The molecule has 0 radical (unpaired) electrons. The first-order chi connectivity index (χ1) is 13.4. The standard InChI is InChI=1S/C22H35NO5/c1-4-23-10-20(25)6-5-16(24)22-12-7-11-14(27-2)9-21(26,17(12)18(11)28-3)13(19(22)23)8-15(20)22/h11-19,24-26H,4-10H2,1-3H3/t11-,12-,13?,14+,15-,16+,17-,18+,19-,20-,21+,22?/m1/s1. The maximum Gasteiger partial charge on any atom is 0.0810 e. The Hall–Kier alpha value is -0.240. The summed E-state index contributed by atoms with van der Waals surface area (Å²) in [6.45, 7) is 3.69. The van der Waals surface area contributed by atoms with E-state index in [4.69, 9.17) is 9.47 Å². The fourth-order valence-electron chi connectivity index (χ4n) is 9.96. The van der Waals surface area contributed by atoms with E-state index in [2.05, 4.69) is 11.8 Å². The Morgan fingerprint density at radius 2 is 1.89 bits per heavy atom. The van der Waals surface area contributed by atoms with E-state index in [0.29, 0.717) is 25.8 Å². The predicted molar refractivity (Wildman–Crippen MR) is 102 cm³/mol. The van der Waals surface area contributed by atoms with Crippen molar-refractivity contribution in [2.24, 2.45) is 35.0 Å². The predicted octanol–water partition coefficient (Wildman–Crippen LogP) is 0.630. The van der Waals surface area contributed by atoms with Crippen molar-refractivity contribution in [1.29, 1.82) is 0 Å². The van der Waals surface area contributed by atoms with E-state index in [9.17, 15) is 15.3 Å². The van der Waals surface area contributed by atoms with Gasteiger partial charge in [-0.1, -0.05) is 6.92 Å². The third-order valence-electron chi connectivity index (χ3n) is 10.5. The Bertz CT molecular complexity index is 690. The van der Waals surface area contributed by atoms with Gasteiger partial charge < -0.3 is 24.8 Å². The zero-order chi connectivity index (χ0) is 19.6. The molecule has 2 unspecified atom stereocenters. The molecule has 1 spiro atoms. The molecule has 0 aromatic heterocycles. The van der Waals surface area contributed by atoms with Crippen molar-refractivity contribution in [2.75, 3.05) is 27.3 Å². The molecule has 5 saturated carbocycles. The Morgan fingerprint density at radius 3 is 2.57 bits per heavy atom. The maximum absolute atomic E-state index is 12.3. The van der Waals surface area contributed by atoms with Crippen LogP contribution in [0.4, 0.5) is 0 Å². The second kappa shape index (κ2) is 5.51. The number of likely N-dealkylation sites (N-methyl/N-ethyl adjacent to an activating group) is 1. The Balaban J connectivity index is 1.59. The molecule has 5 aliphatic carbocycles. The lowest BCUT2D eigenvalue weighted by Gasteiger charge is -2.68. The van der Waals surface area contributed by atoms with Crippen molar-refractivity contribution in [3.05, 3.63) is 0 Å². The zero-order valence-electron chi connectivity index (χ0n) is 17.3. The van der Waals surface area contributed by atoms with Crippen LogP contribution in [-0.4, -0.2) is 83.1 Å². The van der Waals surface area contributed by atoms with Crippen LogP contribution in [0, 0.1) is 35.0 Å². The van der Waals surface area contributed by atoms with Gasteiger partial charge in [-0.05, 0) is 44.1 Å². The average molecular weight is 394 g/mol. The molecule has 28 heavy (non-hydrogen) atoms. The van der Waals surface area contributed by atoms with Crippen molar-refractivity contribution in [3.63, 3.8) is 0 Å². The number of hydrogen-bond acceptors (Lipinski definition) is 6. The third-order valence-corrected chi connectivity index (χ3v) is 10.5. The Kier molecular flexibility index (Phi) is 3.65. The van der Waals surface area contributed by atoms with Crippen LogP contribution >= 0.6 is 0 Å². The first kappa shape index (κ1) is 18.5. The quantitative estimate of drug-likeness (QED) is 0.653. The summed E-state index contributed by atoms with van der Waals surface area (Å²) in [4.78, 5) is 2.40. The number of rotatable bonds is 3. The minimum atomic E-state index is -0.843. The zero-order valence-corrected chi connectivity index (χ0v) is 17.3. The summed E-state index contributed by atoms with van der Waals surface area (Å²) < 4.78 is 11.9. The molecule has 0 amide bonds. The number of aliphatic hydroxyl groups excluding tert-OH is 1. The summed E-state index contributed by atoms with van der Waals surface area (Å²) in [5.41, 5.74) is -1.90. The number of nitrogens with zero attached hydrogens (tertiary/aromatic N) is 1. The van der Waals surface area contributed by atoms with Crippen molar-refractivity contribution in [2.45, 2.75) is 74.6 Å². The first-order valence-electron chi connectivity index (χ1n) is 11.3. The summed E-state index contributed by atoms with van der Waals surface area (Å²) in [7, 11) is 3.52. The molecule has 6 nitrogen and oxygen atoms in total. The van der Waals surface area contributed by atoms with Crippen molar-refractivity contribution in [3.8, 4) is 0 Å². The third kappa shape index (κ3) is 1.72. The molecule has 3 N–H and O–H groups in total. The highest BCUT2D eigenvalue weighted by Crippen LogP contribution is 2.77. The van der Waals surface area contributed by atoms with Crippen molar-refractivity contribution >= 4 is 0 Å². The van der Waals surface area contributed by atoms with Gasteiger partial charge in [-0.3, -0.25) is 4.90 Å². The normalized spacial score (nSPS) is 64.3. The van der Waals surface area contributed by atoms with Gasteiger partial charge in [-0.2, -0.15) is 0 Å². The van der Waals surface area contributed by atoms with Crippen LogP contribution in [0.25, 0.3) is 0 Å². The van der Waals surface area contributed by atoms with E-state index in [0.717, 1.165) is 19.4 Å². The van der Waals surface area contributed by atoms with Gasteiger partial charge in [0.1, 0.15) is 0 Å². The maximum atomic E-state index is 12.3. The van der Waals surface area contributed by atoms with Crippen LogP contribution < -0.4 is 0 Å². The molecule has 158 valence electrons. The number of likely N-dealkylation sites (tertiary alicyclic amines) is 1. The summed E-state index contributed by atoms with van der Waals surface area (Å²) in [6, 6.07) is 0.149. The van der Waals surface area contributed by atoms with E-state index in [1.54, 1.807) is 14.2 Å². The van der Waals surface area contributed by atoms with Gasteiger partial charge in [-0.25, -0.2) is 0 Å². The van der Waals surface area contributed by atoms with Crippen molar-refractivity contribution in [1.82, 2.24) is 4.90 Å². The molecule has 0 aromatic rings. The summed E-state index contributed by atoms with van der Waals surface area (Å²) in [5.74, 6) is 0.622. The van der Waals surface area contributed by atoms with Crippen molar-refractivity contribution < 1.29 is 24.8 Å². The molecule has 12 atom stereocenters. The highest BCUT2D eigenvalue weighted by molar-refractivity contribution is 5.33. The second-order valence-electron chi connectivity index (χ2n) is 10.8. The number of aliphatic hydroxyl groups is 3. The molecule has 6 fully saturated rings. The minimum absolute atomic E-state index is 0.00139. The number of methoxy groups -OCH3 is 2. The molecule has 0 aromatic carbocycles.